The molecular weight excluding hydrogens is 435 g/mol. The van der Waals surface area contributed by atoms with Crippen molar-refractivity contribution in [1.29, 1.82) is 0 Å². The molecule has 0 spiro atoms. The highest BCUT2D eigenvalue weighted by Crippen LogP contribution is 2.25. The molecule has 1 aliphatic heterocycles. The van der Waals surface area contributed by atoms with Gasteiger partial charge in [-0.05, 0) is 81.1 Å². The van der Waals surface area contributed by atoms with Crippen LogP contribution in [0.5, 0.6) is 5.75 Å². The Kier molecular flexibility index (Phi) is 9.05. The van der Waals surface area contributed by atoms with Crippen LogP contribution in [0.15, 0.2) is 48.5 Å². The van der Waals surface area contributed by atoms with E-state index in [1.165, 1.54) is 7.11 Å². The molecule has 1 N–H and O–H groups in total. The number of nitrogens with one attached hydrogen (secondary N) is 1. The molecule has 1 heterocycles. The number of halogens is 1. The molecule has 0 aromatic heterocycles. The second kappa shape index (κ2) is 12.0. The fourth-order valence-corrected chi connectivity index (χ4v) is 4.10. The van der Waals surface area contributed by atoms with E-state index in [0.717, 1.165) is 42.8 Å². The van der Waals surface area contributed by atoms with Crippen molar-refractivity contribution in [1.82, 2.24) is 10.2 Å². The van der Waals surface area contributed by atoms with Crippen LogP contribution in [0.1, 0.15) is 43.5 Å². The predicted octanol–water partition coefficient (Wildman–Crippen LogP) is 4.49. The van der Waals surface area contributed by atoms with E-state index in [1.54, 1.807) is 26.0 Å². The Morgan fingerprint density at radius 2 is 1.62 bits per heavy atom. The Labute approximate surface area is 201 Å². The number of methoxy groups -OCH3 is 1. The zero-order valence-electron chi connectivity index (χ0n) is 20.3. The van der Waals surface area contributed by atoms with E-state index in [9.17, 15) is 14.0 Å². The van der Waals surface area contributed by atoms with Crippen LogP contribution in [0.2, 0.25) is 0 Å². The highest BCUT2D eigenvalue weighted by Gasteiger charge is 2.25. The number of alkyl halides is 1. The van der Waals surface area contributed by atoms with Gasteiger partial charge in [0.15, 0.2) is 0 Å². The van der Waals surface area contributed by atoms with Crippen LogP contribution in [0.3, 0.4) is 0 Å². The molecule has 3 rings (SSSR count). The molecule has 0 aliphatic carbocycles. The number of benzene rings is 2. The third-order valence-electron chi connectivity index (χ3n) is 5.97. The maximum atomic E-state index is 13.8. The van der Waals surface area contributed by atoms with E-state index in [-0.39, 0.29) is 24.8 Å². The number of hydrogen-bond donors (Lipinski definition) is 1. The molecule has 0 unspecified atom stereocenters. The van der Waals surface area contributed by atoms with Crippen LogP contribution in [-0.4, -0.2) is 62.3 Å². The summed E-state index contributed by atoms with van der Waals surface area (Å²) in [4.78, 5) is 25.5. The normalized spacial score (nSPS) is 15.1. The van der Waals surface area contributed by atoms with Gasteiger partial charge in [0.2, 0.25) is 0 Å². The maximum absolute atomic E-state index is 13.8. The van der Waals surface area contributed by atoms with E-state index < -0.39 is 5.67 Å². The summed E-state index contributed by atoms with van der Waals surface area (Å²) in [6.45, 7) is 6.50. The fourth-order valence-electron chi connectivity index (χ4n) is 4.10. The molecule has 0 atom stereocenters. The van der Waals surface area contributed by atoms with Crippen LogP contribution >= 0.6 is 0 Å². The average Bonchev–Trinajstić information content (AvgIpc) is 2.83. The first kappa shape index (κ1) is 25.7. The summed E-state index contributed by atoms with van der Waals surface area (Å²) in [5.41, 5.74) is 1.42. The Hall–Kier alpha value is -2.93. The van der Waals surface area contributed by atoms with Gasteiger partial charge in [-0.1, -0.05) is 24.3 Å². The molecule has 1 fully saturated rings. The zero-order chi connectivity index (χ0) is 24.6. The zero-order valence-corrected chi connectivity index (χ0v) is 20.3. The smallest absolute Gasteiger partial charge is 0.307 e. The molecule has 1 saturated heterocycles. The van der Waals surface area contributed by atoms with E-state index in [1.807, 2.05) is 36.4 Å². The summed E-state index contributed by atoms with van der Waals surface area (Å²) >= 11 is 0. The van der Waals surface area contributed by atoms with Gasteiger partial charge in [-0.25, -0.2) is 4.39 Å². The molecule has 6 nitrogen and oxygen atoms in total. The van der Waals surface area contributed by atoms with Crippen molar-refractivity contribution < 1.29 is 23.5 Å². The first-order valence-corrected chi connectivity index (χ1v) is 11.8. The Balaban J connectivity index is 1.44. The first-order valence-electron chi connectivity index (χ1n) is 11.8. The van der Waals surface area contributed by atoms with Crippen molar-refractivity contribution in [3.05, 3.63) is 54.1 Å². The van der Waals surface area contributed by atoms with Crippen LogP contribution in [0.4, 0.5) is 4.39 Å². The first-order chi connectivity index (χ1) is 16.2. The van der Waals surface area contributed by atoms with Crippen LogP contribution in [0, 0.1) is 5.92 Å². The molecule has 184 valence electrons. The number of rotatable bonds is 10. The molecule has 7 heteroatoms. The number of carbonyl (C=O) groups is 2. The number of piperidine rings is 1. The minimum absolute atomic E-state index is 0.144. The fraction of sp³-hybridized carbons (Fsp3) is 0.481. The lowest BCUT2D eigenvalue weighted by Gasteiger charge is -2.34. The monoisotopic (exact) mass is 470 g/mol. The number of ether oxygens (including phenoxy) is 2. The topological polar surface area (TPSA) is 67.9 Å². The summed E-state index contributed by atoms with van der Waals surface area (Å²) in [5.74, 6) is 0.743. The molecule has 2 aromatic carbocycles. The Morgan fingerprint density at radius 1 is 1.03 bits per heavy atom. The number of likely N-dealkylation sites (tertiary alicyclic amines) is 1. The van der Waals surface area contributed by atoms with Crippen molar-refractivity contribution in [3.8, 4) is 16.9 Å². The highest BCUT2D eigenvalue weighted by atomic mass is 19.1. The van der Waals surface area contributed by atoms with Gasteiger partial charge >= 0.3 is 5.97 Å². The van der Waals surface area contributed by atoms with Crippen molar-refractivity contribution in [2.24, 2.45) is 5.92 Å². The quantitative estimate of drug-likeness (QED) is 0.519. The van der Waals surface area contributed by atoms with Gasteiger partial charge in [-0.15, -0.1) is 0 Å². The average molecular weight is 471 g/mol. The lowest BCUT2D eigenvalue weighted by molar-refractivity contribution is -0.140. The van der Waals surface area contributed by atoms with Gasteiger partial charge in [0.05, 0.1) is 20.1 Å². The van der Waals surface area contributed by atoms with Gasteiger partial charge in [-0.2, -0.15) is 0 Å². The molecule has 0 radical (unpaired) electrons. The number of esters is 1. The molecular formula is C27H35FN2O4. The number of nitrogens with zero attached hydrogens (tertiary/aromatic N) is 1. The third kappa shape index (κ3) is 8.13. The van der Waals surface area contributed by atoms with Crippen molar-refractivity contribution in [3.63, 3.8) is 0 Å². The molecule has 0 bridgehead atoms. The van der Waals surface area contributed by atoms with Gasteiger partial charge in [0.1, 0.15) is 11.4 Å². The minimum atomic E-state index is -1.15. The largest absolute Gasteiger partial charge is 0.493 e. The minimum Gasteiger partial charge on any atom is -0.493 e. The third-order valence-corrected chi connectivity index (χ3v) is 5.97. The molecule has 2 aromatic rings. The van der Waals surface area contributed by atoms with Crippen molar-refractivity contribution in [2.45, 2.75) is 38.8 Å². The van der Waals surface area contributed by atoms with E-state index in [0.29, 0.717) is 24.6 Å². The summed E-state index contributed by atoms with van der Waals surface area (Å²) in [6, 6.07) is 15.3. The van der Waals surface area contributed by atoms with E-state index in [2.05, 4.69) is 15.0 Å². The summed E-state index contributed by atoms with van der Waals surface area (Å²) in [5, 5.41) is 2.71. The van der Waals surface area contributed by atoms with Crippen molar-refractivity contribution >= 4 is 11.9 Å². The van der Waals surface area contributed by atoms with Crippen LogP contribution in [-0.2, 0) is 9.53 Å². The number of carbonyl (C=O) groups excluding carboxylic acids is 2. The van der Waals surface area contributed by atoms with Gasteiger partial charge in [0, 0.05) is 18.7 Å². The predicted molar refractivity (Wildman–Crippen MR) is 131 cm³/mol. The molecule has 0 saturated carbocycles. The summed E-state index contributed by atoms with van der Waals surface area (Å²) in [7, 11) is 1.32. The standard InChI is InChI=1S/C27H35FN2O4/c1-27(2,28)19-30-16-13-20(14-17-30)18-34-24-10-8-22(9-11-24)21-4-6-23(7-5-21)26(32)29-15-12-25(31)33-3/h4-11,20H,12-19H2,1-3H3,(H,29,32). The Morgan fingerprint density at radius 3 is 2.18 bits per heavy atom. The van der Waals surface area contributed by atoms with E-state index in [4.69, 9.17) is 4.74 Å². The number of amides is 1. The lowest BCUT2D eigenvalue weighted by atomic mass is 9.97. The molecule has 34 heavy (non-hydrogen) atoms. The number of hydrogen-bond acceptors (Lipinski definition) is 5. The van der Waals surface area contributed by atoms with Crippen molar-refractivity contribution in [2.75, 3.05) is 39.9 Å². The second-order valence-corrected chi connectivity index (χ2v) is 9.43. The molecule has 1 amide bonds. The SMILES string of the molecule is COC(=O)CCNC(=O)c1ccc(-c2ccc(OCC3CCN(CC(C)(C)F)CC3)cc2)cc1. The van der Waals surface area contributed by atoms with Gasteiger partial charge in [-0.3, -0.25) is 9.59 Å². The highest BCUT2D eigenvalue weighted by molar-refractivity contribution is 5.94. The summed E-state index contributed by atoms with van der Waals surface area (Å²) in [6.07, 6.45) is 2.19. The van der Waals surface area contributed by atoms with Crippen LogP contribution < -0.4 is 10.1 Å². The van der Waals surface area contributed by atoms with Crippen LogP contribution in [0.25, 0.3) is 11.1 Å². The van der Waals surface area contributed by atoms with E-state index >= 15 is 0 Å². The van der Waals surface area contributed by atoms with Gasteiger partial charge in [0.25, 0.3) is 5.91 Å². The lowest BCUT2D eigenvalue weighted by Crippen LogP contribution is -2.41. The second-order valence-electron chi connectivity index (χ2n) is 9.43. The Bertz CT molecular complexity index is 931. The summed E-state index contributed by atoms with van der Waals surface area (Å²) < 4.78 is 24.4. The maximum Gasteiger partial charge on any atom is 0.307 e. The molecule has 1 aliphatic rings. The van der Waals surface area contributed by atoms with Gasteiger partial charge < -0.3 is 19.7 Å².